The summed E-state index contributed by atoms with van der Waals surface area (Å²) >= 11 is 0. The van der Waals surface area contributed by atoms with Crippen molar-refractivity contribution in [3.8, 4) is 0 Å². The van der Waals surface area contributed by atoms with E-state index < -0.39 is 0 Å². The number of aryl methyl sites for hydroxylation is 1. The van der Waals surface area contributed by atoms with Gasteiger partial charge in [0.2, 0.25) is 23.8 Å². The Bertz CT molecular complexity index is 2210. The zero-order valence-electron chi connectivity index (χ0n) is 61.7. The van der Waals surface area contributed by atoms with Crippen molar-refractivity contribution in [3.63, 3.8) is 0 Å². The van der Waals surface area contributed by atoms with E-state index in [-0.39, 0.29) is 45.3 Å². The number of hydrogen-bond donors (Lipinski definition) is 0. The van der Waals surface area contributed by atoms with E-state index in [1.807, 2.05) is 0 Å². The number of hydroxylamine groups is 6. The van der Waals surface area contributed by atoms with Gasteiger partial charge < -0.3 is 19.6 Å². The van der Waals surface area contributed by atoms with Gasteiger partial charge in [0.05, 0.1) is 19.8 Å². The number of piperidine rings is 3. The molecule has 0 radical (unpaired) electrons. The third-order valence-electron chi connectivity index (χ3n) is 19.2. The van der Waals surface area contributed by atoms with Crippen LogP contribution in [0.15, 0.2) is 0 Å². The Morgan fingerprint density at radius 2 is 0.629 bits per heavy atom. The smallest absolute Gasteiger partial charge is 0.230 e. The number of unbranched alkanes of at least 4 members (excludes halogenated alkanes) is 8. The van der Waals surface area contributed by atoms with Crippen LogP contribution in [-0.4, -0.2) is 174 Å². The van der Waals surface area contributed by atoms with Crippen LogP contribution >= 0.6 is 0 Å². The second-order valence-electron chi connectivity index (χ2n) is 30.8. The van der Waals surface area contributed by atoms with Crippen LogP contribution in [0, 0.1) is 0 Å². The van der Waals surface area contributed by atoms with Gasteiger partial charge in [-0.15, -0.1) is 0 Å². The van der Waals surface area contributed by atoms with Crippen LogP contribution in [0.4, 0.5) is 23.8 Å². The van der Waals surface area contributed by atoms with Crippen molar-refractivity contribution >= 4 is 23.8 Å². The first-order chi connectivity index (χ1) is 42.2. The van der Waals surface area contributed by atoms with Crippen molar-refractivity contribution in [3.05, 3.63) is 11.6 Å². The third kappa shape index (κ3) is 22.0. The fourth-order valence-electron chi connectivity index (χ4n) is 15.4. The lowest BCUT2D eigenvalue weighted by molar-refractivity contribution is -0.288. The maximum absolute atomic E-state index is 6.63. The summed E-state index contributed by atoms with van der Waals surface area (Å²) in [6.45, 7) is 58.6. The van der Waals surface area contributed by atoms with Gasteiger partial charge >= 0.3 is 0 Å². The van der Waals surface area contributed by atoms with Crippen molar-refractivity contribution in [1.29, 1.82) is 0 Å². The molecule has 89 heavy (non-hydrogen) atoms. The maximum atomic E-state index is 6.63. The monoisotopic (exact) mass is 1250 g/mol. The lowest BCUT2D eigenvalue weighted by Gasteiger charge is -2.56. The van der Waals surface area contributed by atoms with Gasteiger partial charge in [-0.25, -0.2) is 0 Å². The van der Waals surface area contributed by atoms with Gasteiger partial charge in [0.15, 0.2) is 0 Å². The summed E-state index contributed by atoms with van der Waals surface area (Å²) in [4.78, 5) is 65.4. The normalized spacial score (nSPS) is 19.8. The Hall–Kier alpha value is -3.06. The highest BCUT2D eigenvalue weighted by molar-refractivity contribution is 5.43. The van der Waals surface area contributed by atoms with Crippen molar-refractivity contribution < 1.29 is 14.5 Å². The van der Waals surface area contributed by atoms with E-state index in [0.717, 1.165) is 268 Å². The highest BCUT2D eigenvalue weighted by Gasteiger charge is 2.51. The van der Waals surface area contributed by atoms with E-state index in [0.29, 0.717) is 6.04 Å². The van der Waals surface area contributed by atoms with Crippen LogP contribution in [0.1, 0.15) is 305 Å². The molecule has 17 nitrogen and oxygen atoms in total. The Labute approximate surface area is 546 Å². The minimum absolute atomic E-state index is 0.135. The van der Waals surface area contributed by atoms with Gasteiger partial charge in [-0.3, -0.25) is 19.4 Å². The molecule has 0 unspecified atom stereocenters. The molecule has 5 rings (SSSR count). The fraction of sp³-hybridized carbons (Fsp3) is 0.917. The predicted molar refractivity (Wildman–Crippen MR) is 374 cm³/mol. The zero-order chi connectivity index (χ0) is 65.6. The largest absolute Gasteiger partial charge is 0.341 e. The summed E-state index contributed by atoms with van der Waals surface area (Å²) in [6.07, 6.45) is 26.1. The topological polar surface area (TPSA) is 131 Å². The van der Waals surface area contributed by atoms with E-state index in [2.05, 4.69) is 185 Å². The number of rotatable bonds is 42. The van der Waals surface area contributed by atoms with E-state index in [9.17, 15) is 0 Å². The molecule has 2 aromatic rings. The van der Waals surface area contributed by atoms with Crippen molar-refractivity contribution in [1.82, 2.24) is 50.0 Å². The first kappa shape index (κ1) is 76.7. The second-order valence-corrected chi connectivity index (χ2v) is 30.8. The molecule has 3 saturated heterocycles. The molecule has 0 aromatic carbocycles. The highest BCUT2D eigenvalue weighted by Crippen LogP contribution is 2.45. The summed E-state index contributed by atoms with van der Waals surface area (Å²) in [5.41, 5.74) is -1.03. The number of nitrogens with zero attached hydrogens (tertiary/aromatic N) is 14. The molecule has 17 heteroatoms. The van der Waals surface area contributed by atoms with Crippen LogP contribution in [0.3, 0.4) is 0 Å². The Balaban J connectivity index is 1.49. The van der Waals surface area contributed by atoms with Crippen molar-refractivity contribution in [2.45, 2.75) is 357 Å². The predicted octanol–water partition coefficient (Wildman–Crippen LogP) is 16.0. The summed E-state index contributed by atoms with van der Waals surface area (Å²) in [5, 5.41) is 6.97. The minimum Gasteiger partial charge on any atom is -0.341 e. The number of hydrogen-bond acceptors (Lipinski definition) is 17. The Kier molecular flexibility index (Phi) is 31.0. The van der Waals surface area contributed by atoms with Gasteiger partial charge in [-0.2, -0.15) is 45.1 Å². The average molecular weight is 1250 g/mol. The standard InChI is InChI=1S/C72H138N14O3/c1-22-31-41-80(42-32-23-2)63-75-62(76-64(77-63)81(43-33-24-3)44-34-25-4)40-48-79(58-52-67(10,11)84(87-49-27-6)68(12,13)53-58)45-38-36-37-39-47-83(60-56-71(18,19)86(89-51-29-8)72(20,21)57-60)66-74-61(30-9)73-65(78-66)82(46-35-26-5)59-54-69(14,15)85(88-50-28-7)70(16,17)55-59/h58-60H,22-57H2,1-21H3. The molecule has 2 aromatic heterocycles. The third-order valence-corrected chi connectivity index (χ3v) is 19.2. The van der Waals surface area contributed by atoms with Crippen LogP contribution in [0.25, 0.3) is 0 Å². The zero-order valence-corrected chi connectivity index (χ0v) is 61.7. The molecule has 514 valence electrons. The molecule has 3 fully saturated rings. The lowest BCUT2D eigenvalue weighted by atomic mass is 9.78. The first-order valence-corrected chi connectivity index (χ1v) is 36.8. The van der Waals surface area contributed by atoms with Gasteiger partial charge in [0, 0.05) is 110 Å². The lowest BCUT2D eigenvalue weighted by Crippen LogP contribution is -2.64. The maximum Gasteiger partial charge on any atom is 0.230 e. The molecule has 3 aliphatic heterocycles. The second kappa shape index (κ2) is 36.0. The summed E-state index contributed by atoms with van der Waals surface area (Å²) in [5.74, 6) is 5.21. The highest BCUT2D eigenvalue weighted by atomic mass is 16.7. The molecule has 0 saturated carbocycles. The molecule has 0 N–H and O–H groups in total. The molecule has 0 amide bonds. The van der Waals surface area contributed by atoms with Gasteiger partial charge in [-0.1, -0.05) is 107 Å². The van der Waals surface area contributed by atoms with E-state index in [1.54, 1.807) is 0 Å². The van der Waals surface area contributed by atoms with Crippen LogP contribution in [0.2, 0.25) is 0 Å². The van der Waals surface area contributed by atoms with Gasteiger partial charge in [0.25, 0.3) is 0 Å². The Morgan fingerprint density at radius 3 is 0.966 bits per heavy atom. The van der Waals surface area contributed by atoms with Gasteiger partial charge in [-0.05, 0) is 192 Å². The number of anilines is 4. The fourth-order valence-corrected chi connectivity index (χ4v) is 15.4. The molecule has 0 atom stereocenters. The summed E-state index contributed by atoms with van der Waals surface area (Å²) < 4.78 is 0. The SMILES string of the molecule is CCCCN(CCCC)c1nc(CCN(CCCCCCN(c2nc(CC)nc(N(CCCC)C3CC(C)(C)N(OCCC)C(C)(C)C3)n2)C2CC(C)(C)N(OCCC)C(C)(C)C2)C2CC(C)(C)N(OCCC)C(C)(C)C2)nc(N(CCCC)CCCC)n1. The van der Waals surface area contributed by atoms with E-state index >= 15 is 0 Å². The molecule has 0 aliphatic carbocycles. The molecule has 5 heterocycles. The summed E-state index contributed by atoms with van der Waals surface area (Å²) in [7, 11) is 0. The Morgan fingerprint density at radius 1 is 0.326 bits per heavy atom. The molecule has 0 bridgehead atoms. The van der Waals surface area contributed by atoms with E-state index in [1.165, 1.54) is 0 Å². The van der Waals surface area contributed by atoms with E-state index in [4.69, 9.17) is 44.4 Å². The number of aromatic nitrogens is 6. The molecular formula is C72H138N14O3. The molecule has 0 spiro atoms. The van der Waals surface area contributed by atoms with Crippen molar-refractivity contribution in [2.24, 2.45) is 0 Å². The minimum atomic E-state index is -0.205. The average Bonchev–Trinajstić information content (AvgIpc) is 1.25. The first-order valence-electron chi connectivity index (χ1n) is 36.8. The summed E-state index contributed by atoms with van der Waals surface area (Å²) in [6, 6.07) is 0.843. The quantitative estimate of drug-likeness (QED) is 0.0584. The van der Waals surface area contributed by atoms with Crippen molar-refractivity contribution in [2.75, 3.05) is 91.8 Å². The van der Waals surface area contributed by atoms with Crippen LogP contribution in [-0.2, 0) is 27.4 Å². The van der Waals surface area contributed by atoms with Crippen LogP contribution < -0.4 is 19.6 Å². The molecular weight excluding hydrogens is 1110 g/mol. The molecule has 3 aliphatic rings. The van der Waals surface area contributed by atoms with Crippen LogP contribution in [0.5, 0.6) is 0 Å². The van der Waals surface area contributed by atoms with Gasteiger partial charge in [0.1, 0.15) is 11.6 Å².